The molecule has 1 aliphatic carbocycles. The van der Waals surface area contributed by atoms with E-state index in [-0.39, 0.29) is 5.91 Å². The number of benzene rings is 1. The fourth-order valence-electron chi connectivity index (χ4n) is 3.71. The Labute approximate surface area is 131 Å². The molecule has 1 N–H and O–H groups in total. The average Bonchev–Trinajstić information content (AvgIpc) is 3.29. The number of fused-ring (bicyclic) bond motifs is 2. The van der Waals surface area contributed by atoms with Gasteiger partial charge in [0.1, 0.15) is 5.75 Å². The van der Waals surface area contributed by atoms with E-state index in [1.54, 1.807) is 0 Å². The van der Waals surface area contributed by atoms with E-state index in [9.17, 15) is 4.79 Å². The van der Waals surface area contributed by atoms with Gasteiger partial charge in [0.15, 0.2) is 0 Å². The van der Waals surface area contributed by atoms with Crippen molar-refractivity contribution in [2.45, 2.75) is 44.2 Å². The molecule has 3 aliphatic rings. The summed E-state index contributed by atoms with van der Waals surface area (Å²) >= 11 is 0. The molecule has 2 heterocycles. The number of carbonyl (C=O) groups excluding carboxylic acids is 1. The van der Waals surface area contributed by atoms with E-state index >= 15 is 0 Å². The number of carbonyl (C=O) groups is 1. The molecule has 0 spiro atoms. The maximum absolute atomic E-state index is 13.1. The standard InChI is InChI=1S/C18H24N2O2/c21-18(20-14-7-8-15(20)11-19-10-9-14)16-3-1-2-4-17(16)22-12-13-5-6-13/h1-4,13-15,19H,5-12H2. The average molecular weight is 300 g/mol. The van der Waals surface area contributed by atoms with Gasteiger partial charge in [-0.1, -0.05) is 12.1 Å². The highest BCUT2D eigenvalue weighted by Crippen LogP contribution is 2.33. The molecule has 1 aromatic carbocycles. The second-order valence-corrected chi connectivity index (χ2v) is 6.84. The first-order chi connectivity index (χ1) is 10.8. The van der Waals surface area contributed by atoms with Crippen LogP contribution in [0.2, 0.25) is 0 Å². The number of rotatable bonds is 4. The molecule has 2 aliphatic heterocycles. The quantitative estimate of drug-likeness (QED) is 0.928. The van der Waals surface area contributed by atoms with Gasteiger partial charge in [-0.3, -0.25) is 4.79 Å². The van der Waals surface area contributed by atoms with Crippen molar-refractivity contribution < 1.29 is 9.53 Å². The van der Waals surface area contributed by atoms with Crippen molar-refractivity contribution in [3.05, 3.63) is 29.8 Å². The third kappa shape index (κ3) is 2.72. The molecule has 4 rings (SSSR count). The summed E-state index contributed by atoms with van der Waals surface area (Å²) in [4.78, 5) is 15.2. The van der Waals surface area contributed by atoms with Crippen LogP contribution in [0.4, 0.5) is 0 Å². The fourth-order valence-corrected chi connectivity index (χ4v) is 3.71. The van der Waals surface area contributed by atoms with E-state index in [2.05, 4.69) is 10.2 Å². The Morgan fingerprint density at radius 1 is 1.14 bits per heavy atom. The van der Waals surface area contributed by atoms with Crippen LogP contribution in [0.25, 0.3) is 0 Å². The molecule has 2 atom stereocenters. The van der Waals surface area contributed by atoms with Crippen LogP contribution in [-0.4, -0.2) is 42.6 Å². The second kappa shape index (κ2) is 5.92. The Hall–Kier alpha value is -1.55. The maximum Gasteiger partial charge on any atom is 0.258 e. The van der Waals surface area contributed by atoms with Crippen molar-refractivity contribution in [3.63, 3.8) is 0 Å². The number of nitrogens with one attached hydrogen (secondary N) is 1. The van der Waals surface area contributed by atoms with Gasteiger partial charge in [-0.15, -0.1) is 0 Å². The van der Waals surface area contributed by atoms with E-state index < -0.39 is 0 Å². The van der Waals surface area contributed by atoms with Crippen LogP contribution in [0.5, 0.6) is 5.75 Å². The van der Waals surface area contributed by atoms with E-state index in [0.29, 0.717) is 18.0 Å². The minimum atomic E-state index is 0.155. The molecule has 1 aromatic rings. The SMILES string of the molecule is O=C(c1ccccc1OCC1CC1)N1C2CCNCC1CC2. The number of nitrogens with zero attached hydrogens (tertiary/aromatic N) is 1. The molecule has 4 heteroatoms. The Morgan fingerprint density at radius 2 is 1.95 bits per heavy atom. The first-order valence-electron chi connectivity index (χ1n) is 8.58. The molecule has 4 nitrogen and oxygen atoms in total. The molecular formula is C18H24N2O2. The molecule has 2 unspecified atom stereocenters. The van der Waals surface area contributed by atoms with Crippen molar-refractivity contribution in [1.82, 2.24) is 10.2 Å². The van der Waals surface area contributed by atoms with E-state index in [1.807, 2.05) is 24.3 Å². The van der Waals surface area contributed by atoms with E-state index in [1.165, 1.54) is 12.8 Å². The minimum Gasteiger partial charge on any atom is -0.492 e. The zero-order chi connectivity index (χ0) is 14.9. The zero-order valence-corrected chi connectivity index (χ0v) is 13.0. The molecule has 1 amide bonds. The predicted molar refractivity (Wildman–Crippen MR) is 85.1 cm³/mol. The van der Waals surface area contributed by atoms with Crippen molar-refractivity contribution >= 4 is 5.91 Å². The number of para-hydroxylation sites is 1. The largest absolute Gasteiger partial charge is 0.492 e. The van der Waals surface area contributed by atoms with Crippen LogP contribution in [0.15, 0.2) is 24.3 Å². The third-order valence-electron chi connectivity index (χ3n) is 5.18. The Kier molecular flexibility index (Phi) is 3.78. The summed E-state index contributed by atoms with van der Waals surface area (Å²) in [5, 5.41) is 3.45. The van der Waals surface area contributed by atoms with Crippen LogP contribution in [0.1, 0.15) is 42.5 Å². The van der Waals surface area contributed by atoms with E-state index in [4.69, 9.17) is 4.74 Å². The number of hydrogen-bond acceptors (Lipinski definition) is 3. The topological polar surface area (TPSA) is 41.6 Å². The third-order valence-corrected chi connectivity index (χ3v) is 5.18. The molecule has 2 bridgehead atoms. The van der Waals surface area contributed by atoms with Gasteiger partial charge in [0.25, 0.3) is 5.91 Å². The van der Waals surface area contributed by atoms with Crippen molar-refractivity contribution in [1.29, 1.82) is 0 Å². The summed E-state index contributed by atoms with van der Waals surface area (Å²) in [6, 6.07) is 8.49. The van der Waals surface area contributed by atoms with Crippen molar-refractivity contribution in [3.8, 4) is 5.75 Å². The van der Waals surface area contributed by atoms with Crippen LogP contribution in [0, 0.1) is 5.92 Å². The molecular weight excluding hydrogens is 276 g/mol. The molecule has 118 valence electrons. The molecule has 2 saturated heterocycles. The number of hydrogen-bond donors (Lipinski definition) is 1. The molecule has 3 fully saturated rings. The lowest BCUT2D eigenvalue weighted by Gasteiger charge is -2.28. The van der Waals surface area contributed by atoms with E-state index in [0.717, 1.165) is 50.3 Å². The lowest BCUT2D eigenvalue weighted by molar-refractivity contribution is 0.0675. The highest BCUT2D eigenvalue weighted by Gasteiger charge is 2.39. The lowest BCUT2D eigenvalue weighted by atomic mass is 10.1. The minimum absolute atomic E-state index is 0.155. The van der Waals surface area contributed by atoms with Crippen molar-refractivity contribution in [2.75, 3.05) is 19.7 Å². The number of ether oxygens (including phenoxy) is 1. The second-order valence-electron chi connectivity index (χ2n) is 6.84. The van der Waals surface area contributed by atoms with Gasteiger partial charge >= 0.3 is 0 Å². The van der Waals surface area contributed by atoms with Gasteiger partial charge in [-0.2, -0.15) is 0 Å². The molecule has 22 heavy (non-hydrogen) atoms. The highest BCUT2D eigenvalue weighted by molar-refractivity contribution is 5.97. The Balaban J connectivity index is 1.56. The van der Waals surface area contributed by atoms with Crippen LogP contribution in [-0.2, 0) is 0 Å². The van der Waals surface area contributed by atoms with Gasteiger partial charge < -0.3 is 15.0 Å². The molecule has 0 radical (unpaired) electrons. The maximum atomic E-state index is 13.1. The summed E-state index contributed by atoms with van der Waals surface area (Å²) in [6.45, 7) is 2.69. The van der Waals surface area contributed by atoms with Crippen LogP contribution < -0.4 is 10.1 Å². The van der Waals surface area contributed by atoms with Crippen LogP contribution in [0.3, 0.4) is 0 Å². The van der Waals surface area contributed by atoms with Gasteiger partial charge in [0.2, 0.25) is 0 Å². The normalized spacial score (nSPS) is 27.5. The summed E-state index contributed by atoms with van der Waals surface area (Å²) in [5.74, 6) is 1.61. The monoisotopic (exact) mass is 300 g/mol. The highest BCUT2D eigenvalue weighted by atomic mass is 16.5. The van der Waals surface area contributed by atoms with Gasteiger partial charge in [-0.25, -0.2) is 0 Å². The Morgan fingerprint density at radius 3 is 2.82 bits per heavy atom. The summed E-state index contributed by atoms with van der Waals surface area (Å²) < 4.78 is 5.93. The van der Waals surface area contributed by atoms with Gasteiger partial charge in [0, 0.05) is 18.6 Å². The summed E-state index contributed by atoms with van der Waals surface area (Å²) in [6.07, 6.45) is 5.85. The lowest BCUT2D eigenvalue weighted by Crippen LogP contribution is -2.42. The zero-order valence-electron chi connectivity index (χ0n) is 13.0. The van der Waals surface area contributed by atoms with Crippen LogP contribution >= 0.6 is 0 Å². The smallest absolute Gasteiger partial charge is 0.258 e. The summed E-state index contributed by atoms with van der Waals surface area (Å²) in [7, 11) is 0. The van der Waals surface area contributed by atoms with Crippen molar-refractivity contribution in [2.24, 2.45) is 5.92 Å². The fraction of sp³-hybridized carbons (Fsp3) is 0.611. The van der Waals surface area contributed by atoms with Gasteiger partial charge in [0.05, 0.1) is 12.2 Å². The molecule has 1 saturated carbocycles. The predicted octanol–water partition coefficient (Wildman–Crippen LogP) is 2.44. The number of amides is 1. The first-order valence-corrected chi connectivity index (χ1v) is 8.58. The summed E-state index contributed by atoms with van der Waals surface area (Å²) in [5.41, 5.74) is 0.738. The molecule has 0 aromatic heterocycles. The van der Waals surface area contributed by atoms with Gasteiger partial charge in [-0.05, 0) is 56.7 Å². The first kappa shape index (κ1) is 14.1. The Bertz CT molecular complexity index is 542.